The predicted molar refractivity (Wildman–Crippen MR) is 58.2 cm³/mol. The lowest BCUT2D eigenvalue weighted by Crippen LogP contribution is -1.88. The Hall–Kier alpha value is -2.36. The SMILES string of the molecule is O=Cc1cncc(-c2cncc(C=O)c2)c1. The molecule has 4 heteroatoms. The van der Waals surface area contributed by atoms with E-state index in [1.165, 1.54) is 12.4 Å². The van der Waals surface area contributed by atoms with Gasteiger partial charge in [0, 0.05) is 47.0 Å². The van der Waals surface area contributed by atoms with Crippen molar-refractivity contribution in [2.24, 2.45) is 0 Å². The molecule has 2 heterocycles. The highest BCUT2D eigenvalue weighted by molar-refractivity contribution is 5.80. The van der Waals surface area contributed by atoms with E-state index < -0.39 is 0 Å². The number of carbonyl (C=O) groups excluding carboxylic acids is 2. The van der Waals surface area contributed by atoms with Crippen LogP contribution in [0, 0.1) is 0 Å². The van der Waals surface area contributed by atoms with Crippen molar-refractivity contribution in [3.8, 4) is 11.1 Å². The average molecular weight is 212 g/mol. The van der Waals surface area contributed by atoms with Gasteiger partial charge in [0.05, 0.1) is 0 Å². The van der Waals surface area contributed by atoms with Gasteiger partial charge in [-0.3, -0.25) is 19.6 Å². The van der Waals surface area contributed by atoms with Crippen LogP contribution in [0.25, 0.3) is 11.1 Å². The topological polar surface area (TPSA) is 59.9 Å². The number of hydrogen-bond acceptors (Lipinski definition) is 4. The van der Waals surface area contributed by atoms with E-state index in [0.717, 1.165) is 23.7 Å². The molecule has 0 amide bonds. The second-order valence-corrected chi connectivity index (χ2v) is 3.25. The van der Waals surface area contributed by atoms with Crippen LogP contribution in [0.5, 0.6) is 0 Å². The van der Waals surface area contributed by atoms with Gasteiger partial charge in [0.2, 0.25) is 0 Å². The van der Waals surface area contributed by atoms with Crippen molar-refractivity contribution in [2.45, 2.75) is 0 Å². The third kappa shape index (κ3) is 2.00. The van der Waals surface area contributed by atoms with Gasteiger partial charge in [0.25, 0.3) is 0 Å². The van der Waals surface area contributed by atoms with Gasteiger partial charge in [0.1, 0.15) is 0 Å². The zero-order valence-corrected chi connectivity index (χ0v) is 8.33. The molecule has 16 heavy (non-hydrogen) atoms. The van der Waals surface area contributed by atoms with Gasteiger partial charge in [-0.15, -0.1) is 0 Å². The maximum absolute atomic E-state index is 10.6. The van der Waals surface area contributed by atoms with E-state index >= 15 is 0 Å². The molecule has 0 aliphatic carbocycles. The fourth-order valence-corrected chi connectivity index (χ4v) is 1.36. The summed E-state index contributed by atoms with van der Waals surface area (Å²) >= 11 is 0. The molecule has 0 aromatic carbocycles. The summed E-state index contributed by atoms with van der Waals surface area (Å²) in [5.41, 5.74) is 2.52. The van der Waals surface area contributed by atoms with Gasteiger partial charge in [-0.1, -0.05) is 0 Å². The summed E-state index contributed by atoms with van der Waals surface area (Å²) in [4.78, 5) is 29.1. The maximum Gasteiger partial charge on any atom is 0.151 e. The average Bonchev–Trinajstić information content (AvgIpc) is 2.39. The molecule has 0 unspecified atom stereocenters. The Morgan fingerprint density at radius 2 is 1.19 bits per heavy atom. The van der Waals surface area contributed by atoms with Crippen molar-refractivity contribution in [3.63, 3.8) is 0 Å². The van der Waals surface area contributed by atoms with Gasteiger partial charge in [-0.25, -0.2) is 0 Å². The van der Waals surface area contributed by atoms with Crippen LogP contribution in [-0.4, -0.2) is 22.5 Å². The Kier molecular flexibility index (Phi) is 2.82. The Balaban J connectivity index is 2.49. The molecule has 0 spiro atoms. The molecule has 0 saturated heterocycles. The van der Waals surface area contributed by atoms with Gasteiger partial charge in [-0.05, 0) is 12.1 Å². The van der Waals surface area contributed by atoms with Crippen molar-refractivity contribution in [1.82, 2.24) is 9.97 Å². The van der Waals surface area contributed by atoms with Crippen LogP contribution in [0.1, 0.15) is 20.7 Å². The van der Waals surface area contributed by atoms with Crippen LogP contribution in [0.15, 0.2) is 36.9 Å². The van der Waals surface area contributed by atoms with E-state index in [2.05, 4.69) is 9.97 Å². The number of carbonyl (C=O) groups is 2. The summed E-state index contributed by atoms with van der Waals surface area (Å²) in [6.45, 7) is 0. The molecule has 0 saturated carbocycles. The van der Waals surface area contributed by atoms with Gasteiger partial charge >= 0.3 is 0 Å². The van der Waals surface area contributed by atoms with Crippen molar-refractivity contribution in [2.75, 3.05) is 0 Å². The normalized spacial score (nSPS) is 9.75. The van der Waals surface area contributed by atoms with E-state index in [1.54, 1.807) is 24.5 Å². The molecule has 2 rings (SSSR count). The van der Waals surface area contributed by atoms with Crippen LogP contribution < -0.4 is 0 Å². The lowest BCUT2D eigenvalue weighted by molar-refractivity contribution is 0.111. The number of aromatic nitrogens is 2. The van der Waals surface area contributed by atoms with Crippen LogP contribution >= 0.6 is 0 Å². The molecule has 0 atom stereocenters. The zero-order chi connectivity index (χ0) is 11.4. The maximum atomic E-state index is 10.6. The van der Waals surface area contributed by atoms with E-state index in [9.17, 15) is 9.59 Å². The number of rotatable bonds is 3. The second-order valence-electron chi connectivity index (χ2n) is 3.25. The molecule has 4 nitrogen and oxygen atoms in total. The quantitative estimate of drug-likeness (QED) is 0.727. The third-order valence-corrected chi connectivity index (χ3v) is 2.12. The molecule has 0 aliphatic heterocycles. The van der Waals surface area contributed by atoms with Crippen LogP contribution in [0.3, 0.4) is 0 Å². The van der Waals surface area contributed by atoms with Crippen LogP contribution in [0.2, 0.25) is 0 Å². The smallest absolute Gasteiger partial charge is 0.151 e. The first-order chi connectivity index (χ1) is 7.83. The predicted octanol–water partition coefficient (Wildman–Crippen LogP) is 1.77. The summed E-state index contributed by atoms with van der Waals surface area (Å²) < 4.78 is 0. The number of aldehydes is 2. The fourth-order valence-electron chi connectivity index (χ4n) is 1.36. The standard InChI is InChI=1S/C12H8N2O2/c15-7-9-1-11(5-13-3-9)12-2-10(8-16)4-14-6-12/h1-8H. The number of pyridine rings is 2. The van der Waals surface area contributed by atoms with Crippen LogP contribution in [-0.2, 0) is 0 Å². The third-order valence-electron chi connectivity index (χ3n) is 2.12. The van der Waals surface area contributed by atoms with Gasteiger partial charge in [-0.2, -0.15) is 0 Å². The molecular formula is C12H8N2O2. The van der Waals surface area contributed by atoms with Crippen molar-refractivity contribution in [1.29, 1.82) is 0 Å². The molecule has 0 N–H and O–H groups in total. The first-order valence-corrected chi connectivity index (χ1v) is 4.64. The molecule has 2 aromatic heterocycles. The summed E-state index contributed by atoms with van der Waals surface area (Å²) in [6.07, 6.45) is 7.67. The largest absolute Gasteiger partial charge is 0.298 e. The summed E-state index contributed by atoms with van der Waals surface area (Å²) in [5, 5.41) is 0. The first kappa shape index (κ1) is 10.2. The lowest BCUT2D eigenvalue weighted by atomic mass is 10.1. The molecule has 0 bridgehead atoms. The lowest BCUT2D eigenvalue weighted by Gasteiger charge is -2.01. The Bertz CT molecular complexity index is 489. The first-order valence-electron chi connectivity index (χ1n) is 4.64. The summed E-state index contributed by atoms with van der Waals surface area (Å²) in [5.74, 6) is 0. The zero-order valence-electron chi connectivity index (χ0n) is 8.33. The van der Waals surface area contributed by atoms with Crippen LogP contribution in [0.4, 0.5) is 0 Å². The van der Waals surface area contributed by atoms with Crippen molar-refractivity contribution < 1.29 is 9.59 Å². The minimum atomic E-state index is 0.494. The van der Waals surface area contributed by atoms with E-state index in [0.29, 0.717) is 11.1 Å². The number of hydrogen-bond donors (Lipinski definition) is 0. The van der Waals surface area contributed by atoms with Gasteiger partial charge in [0.15, 0.2) is 12.6 Å². The van der Waals surface area contributed by atoms with E-state index in [-0.39, 0.29) is 0 Å². The highest BCUT2D eigenvalue weighted by atomic mass is 16.1. The molecule has 0 aliphatic rings. The fraction of sp³-hybridized carbons (Fsp3) is 0. The molecule has 78 valence electrons. The highest BCUT2D eigenvalue weighted by Crippen LogP contribution is 2.18. The molecule has 0 radical (unpaired) electrons. The summed E-state index contributed by atoms with van der Waals surface area (Å²) in [6, 6.07) is 3.40. The molecular weight excluding hydrogens is 204 g/mol. The van der Waals surface area contributed by atoms with Crippen molar-refractivity contribution in [3.05, 3.63) is 48.0 Å². The second kappa shape index (κ2) is 4.44. The molecule has 2 aromatic rings. The van der Waals surface area contributed by atoms with Gasteiger partial charge < -0.3 is 0 Å². The monoisotopic (exact) mass is 212 g/mol. The Morgan fingerprint density at radius 1 is 0.750 bits per heavy atom. The Labute approximate surface area is 92.0 Å². The highest BCUT2D eigenvalue weighted by Gasteiger charge is 2.01. The van der Waals surface area contributed by atoms with E-state index in [1.807, 2.05) is 0 Å². The van der Waals surface area contributed by atoms with Crippen molar-refractivity contribution >= 4 is 12.6 Å². The number of nitrogens with zero attached hydrogens (tertiary/aromatic N) is 2. The summed E-state index contributed by atoms with van der Waals surface area (Å²) in [7, 11) is 0. The van der Waals surface area contributed by atoms with E-state index in [4.69, 9.17) is 0 Å². The minimum Gasteiger partial charge on any atom is -0.298 e. The minimum absolute atomic E-state index is 0.494. The Morgan fingerprint density at radius 3 is 1.56 bits per heavy atom. The molecule has 0 fully saturated rings.